The van der Waals surface area contributed by atoms with Gasteiger partial charge in [-0.2, -0.15) is 0 Å². The van der Waals surface area contributed by atoms with Gasteiger partial charge in [-0.05, 0) is 24.7 Å². The molecule has 2 unspecified atom stereocenters. The highest BCUT2D eigenvalue weighted by Crippen LogP contribution is 2.44. The Morgan fingerprint density at radius 3 is 2.20 bits per heavy atom. The Morgan fingerprint density at radius 2 is 1.70 bits per heavy atom. The Kier molecular flexibility index (Phi) is 1.59. The average molecular weight is 203 g/mol. The van der Waals surface area contributed by atoms with Gasteiger partial charge in [0.05, 0.1) is 0 Å². The summed E-state index contributed by atoms with van der Waals surface area (Å²) in [5.41, 5.74) is 0. The molecule has 56 valence electrons. The van der Waals surface area contributed by atoms with E-state index in [4.69, 9.17) is 0 Å². The number of carbonyl (C=O) groups is 1. The van der Waals surface area contributed by atoms with Crippen LogP contribution in [0, 0.1) is 11.8 Å². The molecule has 0 spiro atoms. The summed E-state index contributed by atoms with van der Waals surface area (Å²) in [5.74, 6) is 1.96. The van der Waals surface area contributed by atoms with Gasteiger partial charge in [-0.3, -0.25) is 4.79 Å². The lowest BCUT2D eigenvalue weighted by atomic mass is 10.0. The van der Waals surface area contributed by atoms with Gasteiger partial charge in [-0.15, -0.1) is 0 Å². The zero-order chi connectivity index (χ0) is 7.14. The third-order valence-corrected chi connectivity index (χ3v) is 3.51. The monoisotopic (exact) mass is 202 g/mol. The molecule has 2 heteroatoms. The first-order valence-electron chi connectivity index (χ1n) is 3.91. The summed E-state index contributed by atoms with van der Waals surface area (Å²) in [4.78, 5) is 11.7. The van der Waals surface area contributed by atoms with Crippen LogP contribution in [-0.4, -0.2) is 10.6 Å². The van der Waals surface area contributed by atoms with E-state index in [9.17, 15) is 4.79 Å². The van der Waals surface area contributed by atoms with Gasteiger partial charge in [0.25, 0.3) is 0 Å². The van der Waals surface area contributed by atoms with Crippen molar-refractivity contribution in [2.45, 2.75) is 30.5 Å². The molecule has 0 amide bonds. The number of rotatable bonds is 0. The topological polar surface area (TPSA) is 17.1 Å². The number of alkyl halides is 1. The molecule has 0 bridgehead atoms. The van der Waals surface area contributed by atoms with Crippen molar-refractivity contribution in [1.29, 1.82) is 0 Å². The molecule has 2 saturated carbocycles. The van der Waals surface area contributed by atoms with Crippen LogP contribution in [0.2, 0.25) is 0 Å². The van der Waals surface area contributed by atoms with Crippen LogP contribution in [0.5, 0.6) is 0 Å². The van der Waals surface area contributed by atoms with Crippen LogP contribution >= 0.6 is 15.9 Å². The molecular weight excluding hydrogens is 192 g/mol. The van der Waals surface area contributed by atoms with Crippen molar-refractivity contribution in [3.05, 3.63) is 0 Å². The third kappa shape index (κ3) is 1.03. The molecule has 2 fully saturated rings. The molecule has 0 aromatic rings. The summed E-state index contributed by atoms with van der Waals surface area (Å²) in [7, 11) is 0. The highest BCUT2D eigenvalue weighted by atomic mass is 79.9. The van der Waals surface area contributed by atoms with E-state index in [0.717, 1.165) is 24.7 Å². The largest absolute Gasteiger partial charge is 0.300 e. The number of hydrogen-bond acceptors (Lipinski definition) is 1. The van der Waals surface area contributed by atoms with Crippen LogP contribution in [0.1, 0.15) is 25.7 Å². The number of carbonyl (C=O) groups excluding carboxylic acids is 1. The predicted octanol–water partition coefficient (Wildman–Crippen LogP) is 2.14. The highest BCUT2D eigenvalue weighted by Gasteiger charge is 2.39. The van der Waals surface area contributed by atoms with E-state index in [1.807, 2.05) is 0 Å². The molecule has 2 atom stereocenters. The summed E-state index contributed by atoms with van der Waals surface area (Å²) in [6.07, 6.45) is 4.20. The Bertz CT molecular complexity index is 151. The van der Waals surface area contributed by atoms with E-state index in [1.54, 1.807) is 0 Å². The maximum absolute atomic E-state index is 10.9. The molecule has 2 rings (SSSR count). The van der Waals surface area contributed by atoms with Crippen molar-refractivity contribution in [2.75, 3.05) is 0 Å². The molecule has 0 N–H and O–H groups in total. The van der Waals surface area contributed by atoms with Gasteiger partial charge >= 0.3 is 0 Å². The maximum atomic E-state index is 10.9. The van der Waals surface area contributed by atoms with Gasteiger partial charge in [0.2, 0.25) is 0 Å². The Balaban J connectivity index is 2.06. The molecule has 0 aliphatic heterocycles. The molecule has 0 aromatic heterocycles. The van der Waals surface area contributed by atoms with E-state index in [1.165, 1.54) is 12.8 Å². The van der Waals surface area contributed by atoms with Crippen molar-refractivity contribution in [2.24, 2.45) is 11.8 Å². The Labute approximate surface area is 69.3 Å². The maximum Gasteiger partial charge on any atom is 0.133 e. The number of fused-ring (bicyclic) bond motifs is 1. The lowest BCUT2D eigenvalue weighted by Gasteiger charge is -2.02. The second-order valence-electron chi connectivity index (χ2n) is 3.54. The van der Waals surface area contributed by atoms with E-state index >= 15 is 0 Å². The van der Waals surface area contributed by atoms with Crippen molar-refractivity contribution in [3.8, 4) is 0 Å². The number of hydrogen-bond donors (Lipinski definition) is 0. The summed E-state index contributed by atoms with van der Waals surface area (Å²) < 4.78 is 0. The fourth-order valence-electron chi connectivity index (χ4n) is 2.31. The van der Waals surface area contributed by atoms with E-state index < -0.39 is 0 Å². The van der Waals surface area contributed by atoms with Gasteiger partial charge in [-0.1, -0.05) is 15.9 Å². The van der Waals surface area contributed by atoms with Crippen molar-refractivity contribution < 1.29 is 4.79 Å². The second kappa shape index (κ2) is 2.33. The van der Waals surface area contributed by atoms with Crippen LogP contribution in [0.4, 0.5) is 0 Å². The molecule has 2 aliphatic carbocycles. The van der Waals surface area contributed by atoms with E-state index in [-0.39, 0.29) is 0 Å². The van der Waals surface area contributed by atoms with Crippen molar-refractivity contribution in [3.63, 3.8) is 0 Å². The SMILES string of the molecule is O=C1CC2CC(Br)CC2C1. The van der Waals surface area contributed by atoms with Crippen LogP contribution in [0.25, 0.3) is 0 Å². The number of Topliss-reactive ketones (excluding diaryl/α,β-unsaturated/α-hetero) is 1. The molecule has 2 aliphatic rings. The molecule has 0 saturated heterocycles. The second-order valence-corrected chi connectivity index (χ2v) is 4.83. The highest BCUT2D eigenvalue weighted by molar-refractivity contribution is 9.09. The zero-order valence-electron chi connectivity index (χ0n) is 5.85. The van der Waals surface area contributed by atoms with Crippen molar-refractivity contribution in [1.82, 2.24) is 0 Å². The quantitative estimate of drug-likeness (QED) is 0.551. The fraction of sp³-hybridized carbons (Fsp3) is 0.875. The molecule has 1 nitrogen and oxygen atoms in total. The van der Waals surface area contributed by atoms with Gasteiger partial charge in [-0.25, -0.2) is 0 Å². The summed E-state index contributed by atoms with van der Waals surface area (Å²) in [6.45, 7) is 0. The minimum Gasteiger partial charge on any atom is -0.300 e. The van der Waals surface area contributed by atoms with E-state index in [2.05, 4.69) is 15.9 Å². The molecule has 0 radical (unpaired) electrons. The van der Waals surface area contributed by atoms with Crippen LogP contribution in [0.15, 0.2) is 0 Å². The van der Waals surface area contributed by atoms with Gasteiger partial charge in [0.15, 0.2) is 0 Å². The van der Waals surface area contributed by atoms with Crippen molar-refractivity contribution >= 4 is 21.7 Å². The fourth-order valence-corrected chi connectivity index (χ4v) is 3.27. The Morgan fingerprint density at radius 1 is 1.20 bits per heavy atom. The predicted molar refractivity (Wildman–Crippen MR) is 43.2 cm³/mol. The Hall–Kier alpha value is 0.150. The summed E-state index contributed by atoms with van der Waals surface area (Å²) in [6, 6.07) is 0. The average Bonchev–Trinajstić information content (AvgIpc) is 2.21. The normalized spacial score (nSPS) is 46.1. The first kappa shape index (κ1) is 6.84. The number of halogens is 1. The van der Waals surface area contributed by atoms with Gasteiger partial charge in [0, 0.05) is 17.7 Å². The third-order valence-electron chi connectivity index (χ3n) is 2.76. The number of ketones is 1. The zero-order valence-corrected chi connectivity index (χ0v) is 7.43. The van der Waals surface area contributed by atoms with Crippen LogP contribution in [-0.2, 0) is 4.79 Å². The summed E-state index contributed by atoms with van der Waals surface area (Å²) >= 11 is 3.60. The summed E-state index contributed by atoms with van der Waals surface area (Å²) in [5, 5.41) is 0. The smallest absolute Gasteiger partial charge is 0.133 e. The molecule has 0 heterocycles. The van der Waals surface area contributed by atoms with Gasteiger partial charge in [0.1, 0.15) is 5.78 Å². The van der Waals surface area contributed by atoms with E-state index in [0.29, 0.717) is 10.6 Å². The lowest BCUT2D eigenvalue weighted by Crippen LogP contribution is -1.96. The molecular formula is C8H11BrO. The van der Waals surface area contributed by atoms with Crippen LogP contribution in [0.3, 0.4) is 0 Å². The van der Waals surface area contributed by atoms with Crippen LogP contribution < -0.4 is 0 Å². The molecule has 0 aromatic carbocycles. The molecule has 10 heavy (non-hydrogen) atoms. The lowest BCUT2D eigenvalue weighted by molar-refractivity contribution is -0.117. The van der Waals surface area contributed by atoms with Gasteiger partial charge < -0.3 is 0 Å². The standard InChI is InChI=1S/C8H11BrO/c9-7-1-5-3-8(10)4-6(5)2-7/h5-7H,1-4H2. The first-order chi connectivity index (χ1) is 4.75. The minimum atomic E-state index is 0.495. The minimum absolute atomic E-state index is 0.495. The first-order valence-corrected chi connectivity index (χ1v) is 4.83.